The Morgan fingerprint density at radius 1 is 1.30 bits per heavy atom. The van der Waals surface area contributed by atoms with Crippen LogP contribution in [0.4, 0.5) is 0 Å². The molecule has 0 spiro atoms. The van der Waals surface area contributed by atoms with E-state index < -0.39 is 10.0 Å². The molecule has 1 aromatic carbocycles. The standard InChI is InChI=1S/C14H23ClN2O2S/c1-4-5-6-9-17(3)20(18,19)14-10-12(11-16-2)7-8-13(14)15/h7-8,10,16H,4-6,9,11H2,1-3H3. The van der Waals surface area contributed by atoms with Crippen LogP contribution in [-0.4, -0.2) is 33.4 Å². The van der Waals surface area contributed by atoms with Crippen molar-refractivity contribution in [1.82, 2.24) is 9.62 Å². The van der Waals surface area contributed by atoms with Gasteiger partial charge in [0.2, 0.25) is 10.0 Å². The highest BCUT2D eigenvalue weighted by atomic mass is 35.5. The van der Waals surface area contributed by atoms with Crippen LogP contribution in [0.15, 0.2) is 23.1 Å². The molecule has 0 heterocycles. The summed E-state index contributed by atoms with van der Waals surface area (Å²) in [5.41, 5.74) is 0.900. The van der Waals surface area contributed by atoms with Crippen LogP contribution in [0.2, 0.25) is 5.02 Å². The number of unbranched alkanes of at least 4 members (excludes halogenated alkanes) is 2. The molecule has 0 unspecified atom stereocenters. The van der Waals surface area contributed by atoms with E-state index in [0.717, 1.165) is 24.8 Å². The maximum absolute atomic E-state index is 12.5. The van der Waals surface area contributed by atoms with Crippen molar-refractivity contribution in [3.63, 3.8) is 0 Å². The first-order chi connectivity index (χ1) is 9.43. The molecule has 1 aromatic rings. The average Bonchev–Trinajstić information content (AvgIpc) is 2.41. The first-order valence-electron chi connectivity index (χ1n) is 6.82. The van der Waals surface area contributed by atoms with Crippen LogP contribution in [0.3, 0.4) is 0 Å². The van der Waals surface area contributed by atoms with Crippen molar-refractivity contribution in [3.05, 3.63) is 28.8 Å². The molecule has 0 aliphatic carbocycles. The monoisotopic (exact) mass is 318 g/mol. The molecule has 0 saturated carbocycles. The molecule has 0 saturated heterocycles. The Hall–Kier alpha value is -0.620. The van der Waals surface area contributed by atoms with Gasteiger partial charge in [-0.05, 0) is 31.2 Å². The van der Waals surface area contributed by atoms with Crippen LogP contribution in [-0.2, 0) is 16.6 Å². The molecule has 0 fully saturated rings. The molecule has 0 atom stereocenters. The first-order valence-corrected chi connectivity index (χ1v) is 8.64. The fourth-order valence-electron chi connectivity index (χ4n) is 1.93. The van der Waals surface area contributed by atoms with Crippen LogP contribution >= 0.6 is 11.6 Å². The number of rotatable bonds is 8. The molecule has 0 aliphatic rings. The lowest BCUT2D eigenvalue weighted by atomic mass is 10.2. The lowest BCUT2D eigenvalue weighted by Crippen LogP contribution is -2.28. The van der Waals surface area contributed by atoms with Gasteiger partial charge in [0.25, 0.3) is 0 Å². The van der Waals surface area contributed by atoms with Crippen molar-refractivity contribution in [2.75, 3.05) is 20.6 Å². The summed E-state index contributed by atoms with van der Waals surface area (Å²) in [6.45, 7) is 3.22. The zero-order valence-electron chi connectivity index (χ0n) is 12.3. The summed E-state index contributed by atoms with van der Waals surface area (Å²) in [7, 11) is -0.0950. The van der Waals surface area contributed by atoms with Gasteiger partial charge in [-0.15, -0.1) is 0 Å². The molecule has 114 valence electrons. The smallest absolute Gasteiger partial charge is 0.244 e. The summed E-state index contributed by atoms with van der Waals surface area (Å²) in [6, 6.07) is 5.11. The van der Waals surface area contributed by atoms with E-state index in [1.165, 1.54) is 4.31 Å². The van der Waals surface area contributed by atoms with Crippen molar-refractivity contribution >= 4 is 21.6 Å². The normalized spacial score (nSPS) is 12.1. The van der Waals surface area contributed by atoms with Crippen molar-refractivity contribution < 1.29 is 8.42 Å². The van der Waals surface area contributed by atoms with Gasteiger partial charge in [0.15, 0.2) is 0 Å². The molecule has 4 nitrogen and oxygen atoms in total. The number of sulfonamides is 1. The Balaban J connectivity index is 2.98. The van der Waals surface area contributed by atoms with E-state index in [9.17, 15) is 8.42 Å². The number of nitrogens with one attached hydrogen (secondary N) is 1. The van der Waals surface area contributed by atoms with Crippen molar-refractivity contribution in [1.29, 1.82) is 0 Å². The van der Waals surface area contributed by atoms with Crippen LogP contribution in [0.1, 0.15) is 31.7 Å². The van der Waals surface area contributed by atoms with Crippen molar-refractivity contribution in [2.45, 2.75) is 37.6 Å². The van der Waals surface area contributed by atoms with E-state index in [0.29, 0.717) is 13.1 Å². The van der Waals surface area contributed by atoms with Gasteiger partial charge in [0.1, 0.15) is 4.90 Å². The van der Waals surface area contributed by atoms with Gasteiger partial charge in [0, 0.05) is 20.1 Å². The Morgan fingerprint density at radius 3 is 2.60 bits per heavy atom. The highest BCUT2D eigenvalue weighted by Crippen LogP contribution is 2.25. The number of hydrogen-bond donors (Lipinski definition) is 1. The van der Waals surface area contributed by atoms with E-state index in [-0.39, 0.29) is 9.92 Å². The van der Waals surface area contributed by atoms with Crippen molar-refractivity contribution in [3.8, 4) is 0 Å². The second-order valence-corrected chi connectivity index (χ2v) is 7.25. The first kappa shape index (κ1) is 17.4. The second kappa shape index (κ2) is 7.98. The SMILES string of the molecule is CCCCCN(C)S(=O)(=O)c1cc(CNC)ccc1Cl. The van der Waals surface area contributed by atoms with Gasteiger partial charge in [-0.3, -0.25) is 0 Å². The highest BCUT2D eigenvalue weighted by Gasteiger charge is 2.23. The lowest BCUT2D eigenvalue weighted by Gasteiger charge is -2.18. The second-order valence-electron chi connectivity index (χ2n) is 4.83. The highest BCUT2D eigenvalue weighted by molar-refractivity contribution is 7.89. The molecule has 6 heteroatoms. The predicted octanol–water partition coefficient (Wildman–Crippen LogP) is 2.87. The molecular formula is C14H23ClN2O2S. The summed E-state index contributed by atoms with van der Waals surface area (Å²) in [4.78, 5) is 0.186. The van der Waals surface area contributed by atoms with Crippen molar-refractivity contribution in [2.24, 2.45) is 0 Å². The number of hydrogen-bond acceptors (Lipinski definition) is 3. The van der Waals surface area contributed by atoms with Crippen LogP contribution in [0, 0.1) is 0 Å². The molecule has 0 radical (unpaired) electrons. The van der Waals surface area contributed by atoms with Gasteiger partial charge in [-0.2, -0.15) is 0 Å². The fraction of sp³-hybridized carbons (Fsp3) is 0.571. The minimum Gasteiger partial charge on any atom is -0.316 e. The van der Waals surface area contributed by atoms with Gasteiger partial charge in [-0.25, -0.2) is 12.7 Å². The molecule has 0 aromatic heterocycles. The Kier molecular flexibility index (Phi) is 6.95. The Labute approximate surface area is 127 Å². The Bertz CT molecular complexity index is 532. The fourth-order valence-corrected chi connectivity index (χ4v) is 3.66. The zero-order chi connectivity index (χ0) is 15.2. The Morgan fingerprint density at radius 2 is 2.00 bits per heavy atom. The van der Waals surface area contributed by atoms with E-state index in [2.05, 4.69) is 12.2 Å². The molecule has 0 aliphatic heterocycles. The third-order valence-electron chi connectivity index (χ3n) is 3.14. The summed E-state index contributed by atoms with van der Waals surface area (Å²) in [6.07, 6.45) is 2.94. The van der Waals surface area contributed by atoms with Crippen LogP contribution in [0.5, 0.6) is 0 Å². The van der Waals surface area contributed by atoms with E-state index in [1.807, 2.05) is 13.1 Å². The third-order valence-corrected chi connectivity index (χ3v) is 5.48. The minimum absolute atomic E-state index is 0.186. The summed E-state index contributed by atoms with van der Waals surface area (Å²) >= 11 is 6.06. The number of nitrogens with zero attached hydrogens (tertiary/aromatic N) is 1. The van der Waals surface area contributed by atoms with E-state index >= 15 is 0 Å². The summed E-state index contributed by atoms with van der Waals surface area (Å²) in [5.74, 6) is 0. The molecule has 0 amide bonds. The zero-order valence-corrected chi connectivity index (χ0v) is 13.9. The largest absolute Gasteiger partial charge is 0.316 e. The number of halogens is 1. The third kappa shape index (κ3) is 4.45. The predicted molar refractivity (Wildman–Crippen MR) is 83.6 cm³/mol. The lowest BCUT2D eigenvalue weighted by molar-refractivity contribution is 0.454. The van der Waals surface area contributed by atoms with Gasteiger partial charge in [0.05, 0.1) is 5.02 Å². The number of benzene rings is 1. The maximum Gasteiger partial charge on any atom is 0.244 e. The summed E-state index contributed by atoms with van der Waals surface area (Å²) < 4.78 is 26.4. The quantitative estimate of drug-likeness (QED) is 0.750. The van der Waals surface area contributed by atoms with E-state index in [4.69, 9.17) is 11.6 Å². The molecule has 20 heavy (non-hydrogen) atoms. The average molecular weight is 319 g/mol. The molecule has 1 N–H and O–H groups in total. The van der Waals surface area contributed by atoms with Crippen LogP contribution < -0.4 is 5.32 Å². The topological polar surface area (TPSA) is 49.4 Å². The van der Waals surface area contributed by atoms with Gasteiger partial charge < -0.3 is 5.32 Å². The maximum atomic E-state index is 12.5. The van der Waals surface area contributed by atoms with Gasteiger partial charge in [-0.1, -0.05) is 37.4 Å². The minimum atomic E-state index is -3.52. The summed E-state index contributed by atoms with van der Waals surface area (Å²) in [5, 5.41) is 3.27. The molecule has 1 rings (SSSR count). The van der Waals surface area contributed by atoms with E-state index in [1.54, 1.807) is 19.2 Å². The molecule has 0 bridgehead atoms. The van der Waals surface area contributed by atoms with Gasteiger partial charge >= 0.3 is 0 Å². The molecular weight excluding hydrogens is 296 g/mol. The van der Waals surface area contributed by atoms with Crippen LogP contribution in [0.25, 0.3) is 0 Å².